The molecule has 1 aromatic heterocycles. The summed E-state index contributed by atoms with van der Waals surface area (Å²) in [7, 11) is 1.77. The molecule has 5 atom stereocenters. The fourth-order valence-electron chi connectivity index (χ4n) is 5.97. The molecule has 0 radical (unpaired) electrons. The van der Waals surface area contributed by atoms with Crippen LogP contribution in [0.25, 0.3) is 10.9 Å². The molecule has 5 heteroatoms. The Bertz CT molecular complexity index is 920. The highest BCUT2D eigenvalue weighted by Gasteiger charge is 2.42. The summed E-state index contributed by atoms with van der Waals surface area (Å²) >= 11 is 0. The van der Waals surface area contributed by atoms with Crippen LogP contribution >= 0.6 is 0 Å². The first-order valence-electron chi connectivity index (χ1n) is 10.9. The number of aromatic amines is 1. The van der Waals surface area contributed by atoms with Crippen molar-refractivity contribution in [3.63, 3.8) is 0 Å². The predicted octanol–water partition coefficient (Wildman–Crippen LogP) is 3.37. The summed E-state index contributed by atoms with van der Waals surface area (Å²) in [4.78, 5) is 19.1. The molecule has 2 aliphatic carbocycles. The van der Waals surface area contributed by atoms with Crippen molar-refractivity contribution in [2.45, 2.75) is 56.2 Å². The van der Waals surface area contributed by atoms with Crippen molar-refractivity contribution < 1.29 is 9.53 Å². The number of carbonyl (C=O) groups is 1. The maximum Gasteiger partial charge on any atom is 0.224 e. The number of aromatic nitrogens is 1. The zero-order valence-corrected chi connectivity index (χ0v) is 17.2. The van der Waals surface area contributed by atoms with Gasteiger partial charge in [-0.05, 0) is 49.3 Å². The minimum absolute atomic E-state index is 0.0218. The molecule has 3 unspecified atom stereocenters. The van der Waals surface area contributed by atoms with Gasteiger partial charge < -0.3 is 15.0 Å². The van der Waals surface area contributed by atoms with Crippen LogP contribution in [0.1, 0.15) is 42.7 Å². The van der Waals surface area contributed by atoms with Crippen molar-refractivity contribution in [2.75, 3.05) is 20.2 Å². The number of nitrogens with zero attached hydrogens (tertiary/aromatic N) is 1. The quantitative estimate of drug-likeness (QED) is 0.766. The van der Waals surface area contributed by atoms with Crippen LogP contribution in [0.3, 0.4) is 0 Å². The van der Waals surface area contributed by atoms with Crippen LogP contribution < -0.4 is 5.32 Å². The molecule has 2 heterocycles. The van der Waals surface area contributed by atoms with Crippen LogP contribution in [0.5, 0.6) is 0 Å². The topological polar surface area (TPSA) is 57.4 Å². The average Bonchev–Trinajstić information content (AvgIpc) is 3.36. The molecule has 1 saturated heterocycles. The Hall–Kier alpha value is -2.11. The molecule has 2 fully saturated rings. The van der Waals surface area contributed by atoms with Crippen molar-refractivity contribution in [3.05, 3.63) is 48.2 Å². The lowest BCUT2D eigenvalue weighted by molar-refractivity contribution is -0.128. The Labute approximate surface area is 172 Å². The molecular formula is C24H31N3O2. The first kappa shape index (κ1) is 18.9. The number of methoxy groups -OCH3 is 1. The van der Waals surface area contributed by atoms with Gasteiger partial charge in [0.05, 0.1) is 12.0 Å². The van der Waals surface area contributed by atoms with Crippen LogP contribution in [0.2, 0.25) is 0 Å². The fraction of sp³-hybridized carbons (Fsp3) is 0.542. The molecule has 5 nitrogen and oxygen atoms in total. The Morgan fingerprint density at radius 2 is 2.28 bits per heavy atom. The van der Waals surface area contributed by atoms with E-state index in [4.69, 9.17) is 4.74 Å². The van der Waals surface area contributed by atoms with Crippen molar-refractivity contribution in [1.29, 1.82) is 0 Å². The first-order valence-corrected chi connectivity index (χ1v) is 10.9. The molecule has 2 N–H and O–H groups in total. The molecule has 2 aromatic rings. The largest absolute Gasteiger partial charge is 0.381 e. The van der Waals surface area contributed by atoms with Gasteiger partial charge in [-0.1, -0.05) is 18.2 Å². The van der Waals surface area contributed by atoms with Gasteiger partial charge in [0.1, 0.15) is 0 Å². The third-order valence-corrected chi connectivity index (χ3v) is 7.37. The zero-order valence-electron chi connectivity index (χ0n) is 17.2. The average molecular weight is 394 g/mol. The molecule has 154 valence electrons. The molecule has 1 aliphatic heterocycles. The SMILES string of the molecule is C=CCN1CC(C(=O)NC2CCC(OC)C2)C[C@@H]2c3cccc4[nH]cc(c34)C[C@H]21. The van der Waals surface area contributed by atoms with Crippen molar-refractivity contribution >= 4 is 16.8 Å². The van der Waals surface area contributed by atoms with Crippen LogP contribution in [0, 0.1) is 5.92 Å². The lowest BCUT2D eigenvalue weighted by Gasteiger charge is -2.46. The van der Waals surface area contributed by atoms with Crippen molar-refractivity contribution in [1.82, 2.24) is 15.2 Å². The van der Waals surface area contributed by atoms with E-state index in [9.17, 15) is 4.79 Å². The minimum Gasteiger partial charge on any atom is -0.381 e. The van der Waals surface area contributed by atoms with Crippen LogP contribution in [-0.4, -0.2) is 54.2 Å². The van der Waals surface area contributed by atoms with Crippen molar-refractivity contribution in [3.8, 4) is 0 Å². The van der Waals surface area contributed by atoms with Gasteiger partial charge in [-0.3, -0.25) is 9.69 Å². The van der Waals surface area contributed by atoms with E-state index in [1.807, 2.05) is 6.08 Å². The Kier molecular flexibility index (Phi) is 4.96. The lowest BCUT2D eigenvalue weighted by atomic mass is 9.72. The predicted molar refractivity (Wildman–Crippen MR) is 115 cm³/mol. The number of ether oxygens (including phenoxy) is 1. The molecular weight excluding hydrogens is 362 g/mol. The number of piperidine rings is 1. The van der Waals surface area contributed by atoms with E-state index in [-0.39, 0.29) is 24.0 Å². The maximum atomic E-state index is 13.2. The van der Waals surface area contributed by atoms with Gasteiger partial charge in [-0.2, -0.15) is 0 Å². The minimum atomic E-state index is 0.0218. The number of amides is 1. The molecule has 0 spiro atoms. The van der Waals surface area contributed by atoms with E-state index in [0.717, 1.165) is 45.2 Å². The summed E-state index contributed by atoms with van der Waals surface area (Å²) in [6, 6.07) is 7.26. The van der Waals surface area contributed by atoms with E-state index in [0.29, 0.717) is 12.0 Å². The van der Waals surface area contributed by atoms with Crippen LogP contribution in [0.15, 0.2) is 37.1 Å². The monoisotopic (exact) mass is 393 g/mol. The number of fused-ring (bicyclic) bond motifs is 2. The molecule has 1 saturated carbocycles. The summed E-state index contributed by atoms with van der Waals surface area (Å²) < 4.78 is 5.47. The number of rotatable bonds is 5. The number of nitrogens with one attached hydrogen (secondary N) is 2. The second-order valence-corrected chi connectivity index (χ2v) is 9.01. The normalized spacial score (nSPS) is 31.6. The highest BCUT2D eigenvalue weighted by atomic mass is 16.5. The Balaban J connectivity index is 1.39. The molecule has 29 heavy (non-hydrogen) atoms. The Morgan fingerprint density at radius 1 is 1.38 bits per heavy atom. The standard InChI is InChI=1S/C24H31N3O2/c1-3-9-27-14-16(24(28)26-17-7-8-18(12-17)29-2)10-20-19-5-4-6-21-23(19)15(13-25-21)11-22(20)27/h3-6,13,16-18,20,22,25H,1,7-12,14H2,2H3,(H,26,28)/t16?,17?,18?,20-,22-/m1/s1. The van der Waals surface area contributed by atoms with Gasteiger partial charge in [-0.15, -0.1) is 6.58 Å². The Morgan fingerprint density at radius 3 is 3.07 bits per heavy atom. The molecule has 0 bridgehead atoms. The van der Waals surface area contributed by atoms with E-state index >= 15 is 0 Å². The maximum absolute atomic E-state index is 13.2. The summed E-state index contributed by atoms with van der Waals surface area (Å²) in [5.41, 5.74) is 4.03. The van der Waals surface area contributed by atoms with Crippen molar-refractivity contribution in [2.24, 2.45) is 5.92 Å². The summed E-state index contributed by atoms with van der Waals surface area (Å²) in [5, 5.41) is 4.71. The van der Waals surface area contributed by atoms with Gasteiger partial charge in [0.2, 0.25) is 5.91 Å². The van der Waals surface area contributed by atoms with Gasteiger partial charge in [-0.25, -0.2) is 0 Å². The molecule has 5 rings (SSSR count). The number of carbonyl (C=O) groups excluding carboxylic acids is 1. The number of benzene rings is 1. The number of H-pyrrole nitrogens is 1. The summed E-state index contributed by atoms with van der Waals surface area (Å²) in [6.07, 6.45) is 9.39. The highest BCUT2D eigenvalue weighted by molar-refractivity contribution is 5.88. The number of hydrogen-bond acceptors (Lipinski definition) is 3. The van der Waals surface area contributed by atoms with Gasteiger partial charge in [0.15, 0.2) is 0 Å². The summed E-state index contributed by atoms with van der Waals surface area (Å²) in [6.45, 7) is 5.62. The third-order valence-electron chi connectivity index (χ3n) is 7.37. The number of likely N-dealkylation sites (tertiary alicyclic amines) is 1. The fourth-order valence-corrected chi connectivity index (χ4v) is 5.97. The van der Waals surface area contributed by atoms with E-state index in [2.05, 4.69) is 46.2 Å². The van der Waals surface area contributed by atoms with Gasteiger partial charge >= 0.3 is 0 Å². The third kappa shape index (κ3) is 3.30. The second kappa shape index (κ2) is 7.62. The zero-order chi connectivity index (χ0) is 20.0. The molecule has 3 aliphatic rings. The molecule has 1 aromatic carbocycles. The summed E-state index contributed by atoms with van der Waals surface area (Å²) in [5.74, 6) is 0.626. The smallest absolute Gasteiger partial charge is 0.224 e. The van der Waals surface area contributed by atoms with E-state index in [1.54, 1.807) is 7.11 Å². The van der Waals surface area contributed by atoms with Gasteiger partial charge in [0, 0.05) is 55.3 Å². The van der Waals surface area contributed by atoms with Gasteiger partial charge in [0.25, 0.3) is 0 Å². The molecule has 1 amide bonds. The highest BCUT2D eigenvalue weighted by Crippen LogP contribution is 2.44. The lowest BCUT2D eigenvalue weighted by Crippen LogP contribution is -2.53. The van der Waals surface area contributed by atoms with E-state index < -0.39 is 0 Å². The second-order valence-electron chi connectivity index (χ2n) is 9.01. The number of hydrogen-bond donors (Lipinski definition) is 2. The first-order chi connectivity index (χ1) is 14.2. The van der Waals surface area contributed by atoms with Crippen LogP contribution in [0.4, 0.5) is 0 Å². The van der Waals surface area contributed by atoms with Crippen LogP contribution in [-0.2, 0) is 16.0 Å². The van der Waals surface area contributed by atoms with E-state index in [1.165, 1.54) is 22.0 Å².